The molecule has 0 unspecified atom stereocenters. The highest BCUT2D eigenvalue weighted by Gasteiger charge is 2.09. The van der Waals surface area contributed by atoms with Crippen molar-refractivity contribution in [2.75, 3.05) is 13.1 Å². The number of rotatable bonds is 6. The maximum absolute atomic E-state index is 11.7. The molecule has 0 radical (unpaired) electrons. The van der Waals surface area contributed by atoms with Gasteiger partial charge in [-0.25, -0.2) is 9.78 Å². The van der Waals surface area contributed by atoms with Crippen molar-refractivity contribution in [2.45, 2.75) is 19.4 Å². The number of aliphatic hydroxyl groups is 1. The fourth-order valence-electron chi connectivity index (χ4n) is 1.91. The fraction of sp³-hybridized carbons (Fsp3) is 0.333. The lowest BCUT2D eigenvalue weighted by Gasteiger charge is -2.13. The number of urea groups is 1. The molecule has 1 aromatic heterocycles. The molecule has 1 heterocycles. The molecule has 5 nitrogen and oxygen atoms in total. The molecule has 2 rings (SSSR count). The summed E-state index contributed by atoms with van der Waals surface area (Å²) < 4.78 is 0. The zero-order valence-electron chi connectivity index (χ0n) is 12.2. The standard InChI is InChI=1S/C15H18ClN3O2S/c1-10-19-13(9-22-10)5-6-17-15(21)18-8-14(20)11-3-2-4-12(16)7-11/h2-4,7,9,14,20H,5-6,8H2,1H3,(H2,17,18,21)/t14-/m1/s1. The monoisotopic (exact) mass is 339 g/mol. The molecular weight excluding hydrogens is 322 g/mol. The first-order chi connectivity index (χ1) is 10.5. The van der Waals surface area contributed by atoms with E-state index in [1.807, 2.05) is 12.3 Å². The van der Waals surface area contributed by atoms with Crippen LogP contribution in [0.25, 0.3) is 0 Å². The van der Waals surface area contributed by atoms with Crippen LogP contribution in [0.5, 0.6) is 0 Å². The number of hydrogen-bond acceptors (Lipinski definition) is 4. The number of aryl methyl sites for hydroxylation is 1. The maximum Gasteiger partial charge on any atom is 0.314 e. The van der Waals surface area contributed by atoms with Crippen LogP contribution >= 0.6 is 22.9 Å². The fourth-order valence-corrected chi connectivity index (χ4v) is 2.76. The van der Waals surface area contributed by atoms with Gasteiger partial charge in [0.2, 0.25) is 0 Å². The van der Waals surface area contributed by atoms with Crippen LogP contribution in [0.3, 0.4) is 0 Å². The molecule has 1 aromatic carbocycles. The number of thiazole rings is 1. The lowest BCUT2D eigenvalue weighted by Crippen LogP contribution is -2.38. The van der Waals surface area contributed by atoms with Gasteiger partial charge in [0.25, 0.3) is 0 Å². The molecule has 0 saturated carbocycles. The number of nitrogens with one attached hydrogen (secondary N) is 2. The Kier molecular flexibility index (Phi) is 6.18. The minimum Gasteiger partial charge on any atom is -0.387 e. The average molecular weight is 340 g/mol. The first-order valence-corrected chi connectivity index (χ1v) is 8.16. The van der Waals surface area contributed by atoms with Gasteiger partial charge in [-0.3, -0.25) is 0 Å². The van der Waals surface area contributed by atoms with E-state index in [4.69, 9.17) is 11.6 Å². The highest BCUT2D eigenvalue weighted by atomic mass is 35.5. The molecule has 0 aliphatic carbocycles. The van der Waals surface area contributed by atoms with Gasteiger partial charge in [0.05, 0.1) is 16.8 Å². The molecular formula is C15H18ClN3O2S. The summed E-state index contributed by atoms with van der Waals surface area (Å²) in [6, 6.07) is 6.62. The van der Waals surface area contributed by atoms with Gasteiger partial charge in [0.1, 0.15) is 0 Å². The van der Waals surface area contributed by atoms with E-state index in [1.54, 1.807) is 35.6 Å². The van der Waals surface area contributed by atoms with Gasteiger partial charge >= 0.3 is 6.03 Å². The van der Waals surface area contributed by atoms with Gasteiger partial charge in [-0.1, -0.05) is 23.7 Å². The first kappa shape index (κ1) is 16.7. The minimum atomic E-state index is -0.786. The van der Waals surface area contributed by atoms with Crippen molar-refractivity contribution in [3.8, 4) is 0 Å². The number of aromatic nitrogens is 1. The Balaban J connectivity index is 1.69. The summed E-state index contributed by atoms with van der Waals surface area (Å²) in [6.45, 7) is 2.58. The largest absolute Gasteiger partial charge is 0.387 e. The Hall–Kier alpha value is -1.63. The average Bonchev–Trinajstić information content (AvgIpc) is 2.90. The van der Waals surface area contributed by atoms with Crippen LogP contribution in [0.2, 0.25) is 5.02 Å². The zero-order valence-corrected chi connectivity index (χ0v) is 13.7. The van der Waals surface area contributed by atoms with Crippen LogP contribution in [-0.2, 0) is 6.42 Å². The molecule has 22 heavy (non-hydrogen) atoms. The summed E-state index contributed by atoms with van der Waals surface area (Å²) in [6.07, 6.45) is -0.0974. The van der Waals surface area contributed by atoms with Gasteiger partial charge < -0.3 is 15.7 Å². The van der Waals surface area contributed by atoms with E-state index < -0.39 is 6.10 Å². The Bertz CT molecular complexity index is 633. The van der Waals surface area contributed by atoms with Gasteiger partial charge in [0.15, 0.2) is 0 Å². The molecule has 1 atom stereocenters. The maximum atomic E-state index is 11.7. The van der Waals surface area contributed by atoms with Crippen LogP contribution in [0, 0.1) is 6.92 Å². The van der Waals surface area contributed by atoms with Gasteiger partial charge in [-0.2, -0.15) is 0 Å². The number of benzene rings is 1. The van der Waals surface area contributed by atoms with E-state index in [2.05, 4.69) is 15.6 Å². The van der Waals surface area contributed by atoms with Gasteiger partial charge in [0, 0.05) is 29.9 Å². The molecule has 0 aliphatic heterocycles. The molecule has 0 saturated heterocycles. The summed E-state index contributed by atoms with van der Waals surface area (Å²) in [5, 5.41) is 18.9. The number of carbonyl (C=O) groups excluding carboxylic acids is 1. The predicted molar refractivity (Wildman–Crippen MR) is 88.4 cm³/mol. The van der Waals surface area contributed by atoms with Gasteiger partial charge in [-0.05, 0) is 24.6 Å². The second-order valence-corrected chi connectivity index (χ2v) is 6.31. The number of amides is 2. The molecule has 0 fully saturated rings. The van der Waals surface area contributed by atoms with Crippen LogP contribution < -0.4 is 10.6 Å². The number of carbonyl (C=O) groups is 1. The lowest BCUT2D eigenvalue weighted by atomic mass is 10.1. The molecule has 0 spiro atoms. The second-order valence-electron chi connectivity index (χ2n) is 4.82. The van der Waals surface area contributed by atoms with Crippen molar-refractivity contribution < 1.29 is 9.90 Å². The minimum absolute atomic E-state index is 0.127. The molecule has 3 N–H and O–H groups in total. The van der Waals surface area contributed by atoms with Crippen molar-refractivity contribution in [1.82, 2.24) is 15.6 Å². The summed E-state index contributed by atoms with van der Waals surface area (Å²) >= 11 is 7.46. The number of aliphatic hydroxyl groups excluding tert-OH is 1. The molecule has 7 heteroatoms. The smallest absolute Gasteiger partial charge is 0.314 e. The highest BCUT2D eigenvalue weighted by molar-refractivity contribution is 7.09. The van der Waals surface area contributed by atoms with E-state index in [1.165, 1.54) is 0 Å². The molecule has 0 aliphatic rings. The van der Waals surface area contributed by atoms with Crippen LogP contribution in [0.4, 0.5) is 4.79 Å². The van der Waals surface area contributed by atoms with E-state index in [0.29, 0.717) is 23.6 Å². The Morgan fingerprint density at radius 2 is 2.27 bits per heavy atom. The normalized spacial score (nSPS) is 12.0. The Morgan fingerprint density at radius 3 is 2.95 bits per heavy atom. The van der Waals surface area contributed by atoms with Crippen molar-refractivity contribution in [2.24, 2.45) is 0 Å². The van der Waals surface area contributed by atoms with Crippen LogP contribution in [-0.4, -0.2) is 29.2 Å². The predicted octanol–water partition coefficient (Wildman–Crippen LogP) is 2.68. The molecule has 2 amide bonds. The Morgan fingerprint density at radius 1 is 1.45 bits per heavy atom. The van der Waals surface area contributed by atoms with Crippen LogP contribution in [0.15, 0.2) is 29.6 Å². The highest BCUT2D eigenvalue weighted by Crippen LogP contribution is 2.16. The van der Waals surface area contributed by atoms with Crippen LogP contribution in [0.1, 0.15) is 22.4 Å². The van der Waals surface area contributed by atoms with Crippen molar-refractivity contribution in [1.29, 1.82) is 0 Å². The van der Waals surface area contributed by atoms with Crippen molar-refractivity contribution >= 4 is 29.0 Å². The third-order valence-corrected chi connectivity index (χ3v) is 4.08. The lowest BCUT2D eigenvalue weighted by molar-refractivity contribution is 0.173. The topological polar surface area (TPSA) is 74.2 Å². The number of nitrogens with zero attached hydrogens (tertiary/aromatic N) is 1. The summed E-state index contributed by atoms with van der Waals surface area (Å²) in [5.74, 6) is 0. The van der Waals surface area contributed by atoms with Crippen molar-refractivity contribution in [3.63, 3.8) is 0 Å². The van der Waals surface area contributed by atoms with Crippen molar-refractivity contribution in [3.05, 3.63) is 50.9 Å². The number of hydrogen-bond donors (Lipinski definition) is 3. The summed E-state index contributed by atoms with van der Waals surface area (Å²) in [4.78, 5) is 16.0. The zero-order chi connectivity index (χ0) is 15.9. The van der Waals surface area contributed by atoms with Gasteiger partial charge in [-0.15, -0.1) is 11.3 Å². The Labute approximate surface area is 138 Å². The first-order valence-electron chi connectivity index (χ1n) is 6.91. The molecule has 0 bridgehead atoms. The van der Waals surface area contributed by atoms with E-state index in [0.717, 1.165) is 10.7 Å². The summed E-state index contributed by atoms with van der Waals surface area (Å²) in [7, 11) is 0. The van der Waals surface area contributed by atoms with E-state index in [9.17, 15) is 9.90 Å². The van der Waals surface area contributed by atoms with E-state index >= 15 is 0 Å². The second kappa shape index (κ2) is 8.12. The summed E-state index contributed by atoms with van der Waals surface area (Å²) in [5.41, 5.74) is 1.65. The third kappa shape index (κ3) is 5.29. The quantitative estimate of drug-likeness (QED) is 0.757. The SMILES string of the molecule is Cc1nc(CCNC(=O)NC[C@@H](O)c2cccc(Cl)c2)cs1. The molecule has 2 aromatic rings. The number of halogens is 1. The molecule has 118 valence electrons. The van der Waals surface area contributed by atoms with E-state index in [-0.39, 0.29) is 12.6 Å². The third-order valence-electron chi connectivity index (χ3n) is 3.02.